The van der Waals surface area contributed by atoms with E-state index in [2.05, 4.69) is 13.2 Å². The van der Waals surface area contributed by atoms with Gasteiger partial charge in [0.15, 0.2) is 0 Å². The fraction of sp³-hybridized carbons (Fsp3) is 0.0556. The molecule has 21 heavy (non-hydrogen) atoms. The average molecular weight is 282 g/mol. The number of hydrogen-bond donors (Lipinski definition) is 1. The summed E-state index contributed by atoms with van der Waals surface area (Å²) in [5.74, 6) is 0.543. The van der Waals surface area contributed by atoms with Crippen LogP contribution in [-0.2, 0) is 4.79 Å². The van der Waals surface area contributed by atoms with Crippen LogP contribution in [0.25, 0.3) is 12.2 Å². The molecule has 0 radical (unpaired) electrons. The summed E-state index contributed by atoms with van der Waals surface area (Å²) < 4.78 is 4.84. The monoisotopic (exact) mass is 282 g/mol. The Morgan fingerprint density at radius 1 is 1.05 bits per heavy atom. The van der Waals surface area contributed by atoms with E-state index in [0.717, 1.165) is 11.1 Å². The number of esters is 1. The van der Waals surface area contributed by atoms with Crippen molar-refractivity contribution in [3.8, 4) is 11.5 Å². The fourth-order valence-electron chi connectivity index (χ4n) is 1.50. The predicted molar refractivity (Wildman–Crippen MR) is 86.0 cm³/mol. The first-order valence-electron chi connectivity index (χ1n) is 6.38. The summed E-state index contributed by atoms with van der Waals surface area (Å²) in [7, 11) is 0. The number of ether oxygens (including phenoxy) is 1. The zero-order chi connectivity index (χ0) is 15.7. The van der Waals surface area contributed by atoms with Gasteiger partial charge in [-0.3, -0.25) is 4.79 Å². The smallest absolute Gasteiger partial charge is 0.308 e. The minimum absolute atomic E-state index is 0.285. The Balaban J connectivity index is 0.000000219. The minimum Gasteiger partial charge on any atom is -0.507 e. The van der Waals surface area contributed by atoms with Crippen molar-refractivity contribution in [2.45, 2.75) is 6.92 Å². The standard InChI is InChI=1S/C10H10O2.C8H8O/c1-3-9-4-6-10(7-5-9)12-8(2)11;1-2-7-5-3-4-6-8(7)9/h3-7H,1H2,2H3;2-6,9H,1H2. The lowest BCUT2D eigenvalue weighted by Gasteiger charge is -1.99. The normalized spacial score (nSPS) is 9.00. The maximum absolute atomic E-state index is 10.5. The summed E-state index contributed by atoms with van der Waals surface area (Å²) in [6.45, 7) is 8.52. The molecule has 3 nitrogen and oxygen atoms in total. The van der Waals surface area contributed by atoms with Crippen LogP contribution in [0.1, 0.15) is 18.1 Å². The largest absolute Gasteiger partial charge is 0.507 e. The molecule has 0 heterocycles. The van der Waals surface area contributed by atoms with Gasteiger partial charge in [-0.1, -0.05) is 55.6 Å². The number of phenols is 1. The highest BCUT2D eigenvalue weighted by molar-refractivity contribution is 5.69. The zero-order valence-electron chi connectivity index (χ0n) is 12.0. The zero-order valence-corrected chi connectivity index (χ0v) is 12.0. The van der Waals surface area contributed by atoms with E-state index in [9.17, 15) is 4.79 Å². The molecular weight excluding hydrogens is 264 g/mol. The van der Waals surface area contributed by atoms with E-state index in [1.54, 1.807) is 36.4 Å². The van der Waals surface area contributed by atoms with E-state index in [0.29, 0.717) is 5.75 Å². The molecule has 0 saturated carbocycles. The topological polar surface area (TPSA) is 46.5 Å². The first kappa shape index (κ1) is 16.2. The molecule has 0 amide bonds. The predicted octanol–water partition coefficient (Wildman–Crippen LogP) is 4.29. The summed E-state index contributed by atoms with van der Waals surface area (Å²) >= 11 is 0. The van der Waals surface area contributed by atoms with Crippen LogP contribution in [0.2, 0.25) is 0 Å². The van der Waals surface area contributed by atoms with Gasteiger partial charge in [-0.2, -0.15) is 0 Å². The van der Waals surface area contributed by atoms with Crippen LogP contribution in [0.15, 0.2) is 61.7 Å². The molecule has 2 aromatic carbocycles. The summed E-state index contributed by atoms with van der Waals surface area (Å²) in [6.07, 6.45) is 3.35. The molecule has 0 aromatic heterocycles. The number of para-hydroxylation sites is 1. The molecule has 0 saturated heterocycles. The maximum Gasteiger partial charge on any atom is 0.308 e. The quantitative estimate of drug-likeness (QED) is 0.674. The van der Waals surface area contributed by atoms with Gasteiger partial charge in [-0.15, -0.1) is 0 Å². The lowest BCUT2D eigenvalue weighted by atomic mass is 10.2. The Bertz CT molecular complexity index is 613. The number of aromatic hydroxyl groups is 1. The number of carbonyl (C=O) groups is 1. The summed E-state index contributed by atoms with van der Waals surface area (Å²) in [4.78, 5) is 10.5. The fourth-order valence-corrected chi connectivity index (χ4v) is 1.50. The van der Waals surface area contributed by atoms with Crippen molar-refractivity contribution in [3.63, 3.8) is 0 Å². The highest BCUT2D eigenvalue weighted by Crippen LogP contribution is 2.15. The summed E-state index contributed by atoms with van der Waals surface area (Å²) in [6, 6.07) is 14.2. The van der Waals surface area contributed by atoms with Crippen molar-refractivity contribution in [1.29, 1.82) is 0 Å². The minimum atomic E-state index is -0.304. The first-order valence-corrected chi connectivity index (χ1v) is 6.38. The van der Waals surface area contributed by atoms with Gasteiger partial charge in [-0.25, -0.2) is 0 Å². The van der Waals surface area contributed by atoms with E-state index in [1.807, 2.05) is 24.3 Å². The van der Waals surface area contributed by atoms with Crippen LogP contribution < -0.4 is 4.74 Å². The third kappa shape index (κ3) is 5.78. The van der Waals surface area contributed by atoms with Crippen molar-refractivity contribution in [2.24, 2.45) is 0 Å². The molecule has 0 atom stereocenters. The molecule has 0 unspecified atom stereocenters. The van der Waals surface area contributed by atoms with E-state index in [4.69, 9.17) is 9.84 Å². The average Bonchev–Trinajstić information content (AvgIpc) is 2.49. The second-order valence-electron chi connectivity index (χ2n) is 4.13. The van der Waals surface area contributed by atoms with Crippen LogP contribution >= 0.6 is 0 Å². The molecule has 0 aliphatic rings. The molecule has 0 aliphatic carbocycles. The summed E-state index contributed by atoms with van der Waals surface area (Å²) in [5.41, 5.74) is 1.78. The van der Waals surface area contributed by atoms with E-state index in [1.165, 1.54) is 6.92 Å². The van der Waals surface area contributed by atoms with Gasteiger partial charge in [0.1, 0.15) is 11.5 Å². The second-order valence-corrected chi connectivity index (χ2v) is 4.13. The molecule has 2 aromatic rings. The van der Waals surface area contributed by atoms with Gasteiger partial charge in [-0.05, 0) is 23.8 Å². The highest BCUT2D eigenvalue weighted by atomic mass is 16.5. The molecule has 1 N–H and O–H groups in total. The van der Waals surface area contributed by atoms with Crippen molar-refractivity contribution >= 4 is 18.1 Å². The van der Waals surface area contributed by atoms with E-state index in [-0.39, 0.29) is 11.7 Å². The van der Waals surface area contributed by atoms with Gasteiger partial charge in [0.2, 0.25) is 0 Å². The SMILES string of the molecule is C=Cc1ccc(OC(C)=O)cc1.C=Cc1ccccc1O. The number of benzene rings is 2. The van der Waals surface area contributed by atoms with Crippen molar-refractivity contribution in [3.05, 3.63) is 72.8 Å². The molecule has 0 bridgehead atoms. The number of hydrogen-bond acceptors (Lipinski definition) is 3. The Hall–Kier alpha value is -2.81. The van der Waals surface area contributed by atoms with Crippen LogP contribution in [-0.4, -0.2) is 11.1 Å². The maximum atomic E-state index is 10.5. The summed E-state index contributed by atoms with van der Waals surface area (Å²) in [5, 5.41) is 9.04. The third-order valence-corrected chi connectivity index (χ3v) is 2.53. The van der Waals surface area contributed by atoms with Gasteiger partial charge in [0.25, 0.3) is 0 Å². The van der Waals surface area contributed by atoms with E-state index < -0.39 is 0 Å². The number of carbonyl (C=O) groups excluding carboxylic acids is 1. The van der Waals surface area contributed by atoms with Crippen molar-refractivity contribution < 1.29 is 14.6 Å². The van der Waals surface area contributed by atoms with Crippen molar-refractivity contribution in [1.82, 2.24) is 0 Å². The first-order chi connectivity index (χ1) is 10.1. The second kappa shape index (κ2) is 8.38. The van der Waals surface area contributed by atoms with Gasteiger partial charge >= 0.3 is 5.97 Å². The Morgan fingerprint density at radius 2 is 1.67 bits per heavy atom. The van der Waals surface area contributed by atoms with E-state index >= 15 is 0 Å². The van der Waals surface area contributed by atoms with Crippen LogP contribution in [0.5, 0.6) is 11.5 Å². The van der Waals surface area contributed by atoms with Crippen LogP contribution in [0, 0.1) is 0 Å². The molecule has 0 aliphatic heterocycles. The number of rotatable bonds is 3. The Kier molecular flexibility index (Phi) is 6.48. The Morgan fingerprint density at radius 3 is 2.10 bits per heavy atom. The Labute approximate surface area is 124 Å². The molecule has 0 spiro atoms. The van der Waals surface area contributed by atoms with Gasteiger partial charge in [0, 0.05) is 12.5 Å². The number of phenolic OH excluding ortho intramolecular Hbond substituents is 1. The molecule has 0 fully saturated rings. The lowest BCUT2D eigenvalue weighted by molar-refractivity contribution is -0.131. The lowest BCUT2D eigenvalue weighted by Crippen LogP contribution is -2.00. The molecular formula is C18H18O3. The molecule has 108 valence electrons. The van der Waals surface area contributed by atoms with Crippen molar-refractivity contribution in [2.75, 3.05) is 0 Å². The van der Waals surface area contributed by atoms with Gasteiger partial charge in [0.05, 0.1) is 0 Å². The molecule has 2 rings (SSSR count). The van der Waals surface area contributed by atoms with Crippen LogP contribution in [0.3, 0.4) is 0 Å². The third-order valence-electron chi connectivity index (χ3n) is 2.53. The van der Waals surface area contributed by atoms with Crippen LogP contribution in [0.4, 0.5) is 0 Å². The van der Waals surface area contributed by atoms with Gasteiger partial charge < -0.3 is 9.84 Å². The highest BCUT2D eigenvalue weighted by Gasteiger charge is 1.95. The molecule has 3 heteroatoms.